The van der Waals surface area contributed by atoms with Gasteiger partial charge in [0.15, 0.2) is 0 Å². The summed E-state index contributed by atoms with van der Waals surface area (Å²) in [6.07, 6.45) is 5.59. The topological polar surface area (TPSA) is 86.1 Å². The molecule has 0 bridgehead atoms. The SMILES string of the molecule is CC(C1CC1)n1nccc1NC(=O)c1coc(CN)c1. The smallest absolute Gasteiger partial charge is 0.260 e. The molecule has 1 unspecified atom stereocenters. The minimum Gasteiger partial charge on any atom is -0.467 e. The van der Waals surface area contributed by atoms with Gasteiger partial charge in [-0.15, -0.1) is 0 Å². The highest BCUT2D eigenvalue weighted by Gasteiger charge is 2.30. The van der Waals surface area contributed by atoms with Crippen LogP contribution in [0.15, 0.2) is 29.0 Å². The summed E-state index contributed by atoms with van der Waals surface area (Å²) < 4.78 is 7.05. The molecule has 1 aliphatic carbocycles. The Morgan fingerprint density at radius 1 is 1.65 bits per heavy atom. The molecule has 6 heteroatoms. The van der Waals surface area contributed by atoms with Gasteiger partial charge < -0.3 is 15.5 Å². The first kappa shape index (κ1) is 12.9. The highest BCUT2D eigenvalue weighted by atomic mass is 16.3. The fourth-order valence-corrected chi connectivity index (χ4v) is 2.31. The van der Waals surface area contributed by atoms with Crippen molar-refractivity contribution < 1.29 is 9.21 Å². The molecule has 0 spiro atoms. The summed E-state index contributed by atoms with van der Waals surface area (Å²) in [6.45, 7) is 2.41. The number of hydrogen-bond acceptors (Lipinski definition) is 4. The predicted molar refractivity (Wildman–Crippen MR) is 74.2 cm³/mol. The molecule has 1 saturated carbocycles. The molecule has 1 fully saturated rings. The van der Waals surface area contributed by atoms with E-state index in [1.54, 1.807) is 18.3 Å². The van der Waals surface area contributed by atoms with Crippen molar-refractivity contribution in [3.63, 3.8) is 0 Å². The lowest BCUT2D eigenvalue weighted by atomic mass is 10.2. The van der Waals surface area contributed by atoms with E-state index in [1.807, 2.05) is 4.68 Å². The highest BCUT2D eigenvalue weighted by Crippen LogP contribution is 2.40. The van der Waals surface area contributed by atoms with E-state index in [9.17, 15) is 4.79 Å². The molecule has 3 N–H and O–H groups in total. The Morgan fingerprint density at radius 3 is 3.10 bits per heavy atom. The Balaban J connectivity index is 1.74. The molecule has 2 aromatic rings. The van der Waals surface area contributed by atoms with Gasteiger partial charge >= 0.3 is 0 Å². The van der Waals surface area contributed by atoms with Crippen LogP contribution in [0.3, 0.4) is 0 Å². The molecule has 106 valence electrons. The van der Waals surface area contributed by atoms with Crippen molar-refractivity contribution in [1.29, 1.82) is 0 Å². The molecule has 6 nitrogen and oxygen atoms in total. The van der Waals surface area contributed by atoms with Gasteiger partial charge in [-0.2, -0.15) is 5.10 Å². The second-order valence-corrected chi connectivity index (χ2v) is 5.20. The number of nitrogens with two attached hydrogens (primary N) is 1. The van der Waals surface area contributed by atoms with Gasteiger partial charge in [-0.25, -0.2) is 4.68 Å². The quantitative estimate of drug-likeness (QED) is 0.874. The van der Waals surface area contributed by atoms with Crippen molar-refractivity contribution in [2.75, 3.05) is 5.32 Å². The second-order valence-electron chi connectivity index (χ2n) is 5.20. The van der Waals surface area contributed by atoms with Crippen LogP contribution < -0.4 is 11.1 Å². The summed E-state index contributed by atoms with van der Waals surface area (Å²) in [6, 6.07) is 3.77. The number of amides is 1. The Labute approximate surface area is 116 Å². The van der Waals surface area contributed by atoms with Gasteiger partial charge in [0.25, 0.3) is 5.91 Å². The van der Waals surface area contributed by atoms with Crippen LogP contribution in [0, 0.1) is 5.92 Å². The maximum absolute atomic E-state index is 12.1. The number of carbonyl (C=O) groups excluding carboxylic acids is 1. The maximum atomic E-state index is 12.1. The van der Waals surface area contributed by atoms with Gasteiger partial charge in [-0.3, -0.25) is 4.79 Å². The number of furan rings is 1. The molecular formula is C14H18N4O2. The van der Waals surface area contributed by atoms with E-state index >= 15 is 0 Å². The average molecular weight is 274 g/mol. The monoisotopic (exact) mass is 274 g/mol. The van der Waals surface area contributed by atoms with Crippen molar-refractivity contribution in [3.8, 4) is 0 Å². The maximum Gasteiger partial charge on any atom is 0.260 e. The van der Waals surface area contributed by atoms with Crippen LogP contribution in [0.1, 0.15) is 41.9 Å². The molecule has 1 atom stereocenters. The summed E-state index contributed by atoms with van der Waals surface area (Å²) in [5.74, 6) is 1.77. The van der Waals surface area contributed by atoms with Crippen molar-refractivity contribution in [3.05, 3.63) is 35.9 Å². The molecule has 1 amide bonds. The van der Waals surface area contributed by atoms with Gasteiger partial charge in [-0.1, -0.05) is 0 Å². The zero-order chi connectivity index (χ0) is 14.1. The van der Waals surface area contributed by atoms with E-state index in [0.717, 1.165) is 0 Å². The average Bonchev–Trinajstić information content (AvgIpc) is 3.01. The van der Waals surface area contributed by atoms with E-state index in [0.29, 0.717) is 29.1 Å². The van der Waals surface area contributed by atoms with Crippen molar-refractivity contribution in [2.24, 2.45) is 11.7 Å². The van der Waals surface area contributed by atoms with E-state index in [2.05, 4.69) is 17.3 Å². The van der Waals surface area contributed by atoms with E-state index in [1.165, 1.54) is 19.1 Å². The first-order chi connectivity index (χ1) is 9.69. The third kappa shape index (κ3) is 2.46. The van der Waals surface area contributed by atoms with E-state index in [-0.39, 0.29) is 12.5 Å². The number of carbonyl (C=O) groups is 1. The van der Waals surface area contributed by atoms with Gasteiger partial charge in [0.05, 0.1) is 24.3 Å². The summed E-state index contributed by atoms with van der Waals surface area (Å²) in [5, 5.41) is 7.17. The molecule has 20 heavy (non-hydrogen) atoms. The van der Waals surface area contributed by atoms with Crippen molar-refractivity contribution >= 4 is 11.7 Å². The first-order valence-electron chi connectivity index (χ1n) is 6.81. The summed E-state index contributed by atoms with van der Waals surface area (Å²) in [4.78, 5) is 12.1. The zero-order valence-electron chi connectivity index (χ0n) is 11.4. The molecule has 2 heterocycles. The van der Waals surface area contributed by atoms with Gasteiger partial charge in [-0.05, 0) is 31.7 Å². The standard InChI is InChI=1S/C14H18N4O2/c1-9(10-2-3-10)18-13(4-5-16-18)17-14(19)11-6-12(7-15)20-8-11/h4-6,8-10H,2-3,7,15H2,1H3,(H,17,19). The minimum absolute atomic E-state index is 0.210. The number of hydrogen-bond donors (Lipinski definition) is 2. The first-order valence-corrected chi connectivity index (χ1v) is 6.81. The fraction of sp³-hybridized carbons (Fsp3) is 0.429. The molecule has 2 aromatic heterocycles. The molecule has 3 rings (SSSR count). The van der Waals surface area contributed by atoms with Crippen LogP contribution in [-0.2, 0) is 6.54 Å². The van der Waals surface area contributed by atoms with Gasteiger partial charge in [0.1, 0.15) is 17.8 Å². The van der Waals surface area contributed by atoms with Gasteiger partial charge in [0, 0.05) is 6.07 Å². The third-order valence-corrected chi connectivity index (χ3v) is 3.72. The molecule has 0 saturated heterocycles. The Hall–Kier alpha value is -2.08. The van der Waals surface area contributed by atoms with Crippen molar-refractivity contribution in [1.82, 2.24) is 9.78 Å². The lowest BCUT2D eigenvalue weighted by molar-refractivity contribution is 0.102. The number of nitrogens with one attached hydrogen (secondary N) is 1. The largest absolute Gasteiger partial charge is 0.467 e. The fourth-order valence-electron chi connectivity index (χ4n) is 2.31. The second kappa shape index (κ2) is 5.13. The number of aromatic nitrogens is 2. The molecule has 0 radical (unpaired) electrons. The Kier molecular flexibility index (Phi) is 3.31. The summed E-state index contributed by atoms with van der Waals surface area (Å²) in [5.41, 5.74) is 5.93. The van der Waals surface area contributed by atoms with E-state index < -0.39 is 0 Å². The lowest BCUT2D eigenvalue weighted by Crippen LogP contribution is -2.18. The van der Waals surface area contributed by atoms with Crippen LogP contribution >= 0.6 is 0 Å². The van der Waals surface area contributed by atoms with Gasteiger partial charge in [0.2, 0.25) is 0 Å². The Bertz CT molecular complexity index is 612. The zero-order valence-corrected chi connectivity index (χ0v) is 11.4. The summed E-state index contributed by atoms with van der Waals surface area (Å²) in [7, 11) is 0. The van der Waals surface area contributed by atoms with Crippen LogP contribution in [0.25, 0.3) is 0 Å². The number of anilines is 1. The van der Waals surface area contributed by atoms with Crippen LogP contribution in [0.2, 0.25) is 0 Å². The van der Waals surface area contributed by atoms with Crippen LogP contribution in [0.5, 0.6) is 0 Å². The van der Waals surface area contributed by atoms with Crippen LogP contribution in [0.4, 0.5) is 5.82 Å². The normalized spacial score (nSPS) is 16.1. The third-order valence-electron chi connectivity index (χ3n) is 3.72. The predicted octanol–water partition coefficient (Wildman–Crippen LogP) is 2.16. The lowest BCUT2D eigenvalue weighted by Gasteiger charge is -2.15. The number of rotatable bonds is 5. The molecule has 0 aliphatic heterocycles. The van der Waals surface area contributed by atoms with Crippen LogP contribution in [-0.4, -0.2) is 15.7 Å². The molecule has 0 aromatic carbocycles. The summed E-state index contributed by atoms with van der Waals surface area (Å²) >= 11 is 0. The minimum atomic E-state index is -0.210. The molecular weight excluding hydrogens is 256 g/mol. The van der Waals surface area contributed by atoms with E-state index in [4.69, 9.17) is 10.2 Å². The molecule has 1 aliphatic rings. The Morgan fingerprint density at radius 2 is 2.45 bits per heavy atom. The number of nitrogens with zero attached hydrogens (tertiary/aromatic N) is 2. The van der Waals surface area contributed by atoms with Crippen molar-refractivity contribution in [2.45, 2.75) is 32.4 Å². The highest BCUT2D eigenvalue weighted by molar-refractivity contribution is 6.03.